The summed E-state index contributed by atoms with van der Waals surface area (Å²) in [5, 5.41) is 2.70. The summed E-state index contributed by atoms with van der Waals surface area (Å²) in [5.41, 5.74) is 2.98. The Morgan fingerprint density at radius 3 is 2.86 bits per heavy atom. The lowest BCUT2D eigenvalue weighted by Gasteiger charge is -2.04. The molecule has 0 aromatic rings. The van der Waals surface area contributed by atoms with Crippen LogP contribution in [0.5, 0.6) is 0 Å². The highest BCUT2D eigenvalue weighted by Crippen LogP contribution is 2.04. The van der Waals surface area contributed by atoms with Gasteiger partial charge in [0.25, 0.3) is 0 Å². The van der Waals surface area contributed by atoms with Crippen LogP contribution in [0.15, 0.2) is 11.2 Å². The van der Waals surface area contributed by atoms with Gasteiger partial charge in [0.15, 0.2) is 0 Å². The summed E-state index contributed by atoms with van der Waals surface area (Å²) >= 11 is 5.56. The Balaban J connectivity index is 2.50. The van der Waals surface area contributed by atoms with Crippen LogP contribution in [0.2, 0.25) is 0 Å². The minimum Gasteiger partial charge on any atom is -0.317 e. The molecule has 0 aliphatic carbocycles. The maximum atomic E-state index is 5.56. The fraction of sp³-hybridized carbons (Fsp3) is 0.500. The van der Waals surface area contributed by atoms with Crippen LogP contribution in [0.1, 0.15) is 0 Å². The Morgan fingerprint density at radius 2 is 2.71 bits per heavy atom. The van der Waals surface area contributed by atoms with E-state index in [-0.39, 0.29) is 0 Å². The van der Waals surface area contributed by atoms with Crippen molar-refractivity contribution in [1.82, 2.24) is 10.4 Å². The molecule has 0 bridgehead atoms. The fourth-order valence-corrected chi connectivity index (χ4v) is 0.708. The van der Waals surface area contributed by atoms with E-state index in [2.05, 4.69) is 5.43 Å². The molecule has 1 heterocycles. The molecule has 1 rings (SSSR count). The van der Waals surface area contributed by atoms with Gasteiger partial charge >= 0.3 is 0 Å². The second-order valence-electron chi connectivity index (χ2n) is 1.52. The summed E-state index contributed by atoms with van der Waals surface area (Å²) < 4.78 is 0. The molecule has 0 amide bonds. The molecule has 0 saturated carbocycles. The monoisotopic (exact) mass is 118 g/mol. The Bertz CT molecular complexity index is 99.9. The van der Waals surface area contributed by atoms with Gasteiger partial charge in [-0.05, 0) is 0 Å². The van der Waals surface area contributed by atoms with E-state index in [1.165, 1.54) is 0 Å². The van der Waals surface area contributed by atoms with Crippen molar-refractivity contribution in [2.24, 2.45) is 0 Å². The first-order valence-electron chi connectivity index (χ1n) is 2.11. The molecule has 0 fully saturated rings. The van der Waals surface area contributed by atoms with Crippen LogP contribution in [-0.2, 0) is 0 Å². The smallest absolute Gasteiger partial charge is 0.0523 e. The number of nitrogens with one attached hydrogen (secondary N) is 1. The van der Waals surface area contributed by atoms with E-state index in [9.17, 15) is 0 Å². The van der Waals surface area contributed by atoms with Gasteiger partial charge in [-0.15, -0.1) is 0 Å². The van der Waals surface area contributed by atoms with Crippen molar-refractivity contribution in [3.8, 4) is 0 Å². The molecule has 40 valence electrons. The lowest BCUT2D eigenvalue weighted by molar-refractivity contribution is 0.374. The number of halogens is 1. The Morgan fingerprint density at radius 1 is 2.00 bits per heavy atom. The number of nitrogens with zero attached hydrogens (tertiary/aromatic N) is 1. The molecule has 2 nitrogen and oxygen atoms in total. The van der Waals surface area contributed by atoms with E-state index in [0.717, 1.165) is 11.6 Å². The van der Waals surface area contributed by atoms with Gasteiger partial charge in [-0.1, -0.05) is 11.6 Å². The van der Waals surface area contributed by atoms with E-state index in [1.807, 2.05) is 18.3 Å². The summed E-state index contributed by atoms with van der Waals surface area (Å²) in [6, 6.07) is 0. The molecule has 0 atom stereocenters. The second kappa shape index (κ2) is 1.72. The zero-order chi connectivity index (χ0) is 5.28. The maximum absolute atomic E-state index is 5.56. The molecule has 1 aliphatic heterocycles. The van der Waals surface area contributed by atoms with Crippen molar-refractivity contribution in [2.45, 2.75) is 0 Å². The van der Waals surface area contributed by atoms with Crippen LogP contribution in [-0.4, -0.2) is 18.6 Å². The lowest BCUT2D eigenvalue weighted by Crippen LogP contribution is -2.23. The molecular weight excluding hydrogens is 112 g/mol. The molecular formula is C4H7ClN2. The fourth-order valence-electron chi connectivity index (χ4n) is 0.502. The summed E-state index contributed by atoms with van der Waals surface area (Å²) in [7, 11) is 1.91. The molecule has 1 N–H and O–H groups in total. The SMILES string of the molecule is CN1C=C(Cl)CN1. The standard InChI is InChI=1S/C4H7ClN2/c1-7-3-4(5)2-6-7/h3,6H,2H2,1H3. The largest absolute Gasteiger partial charge is 0.317 e. The van der Waals surface area contributed by atoms with Gasteiger partial charge < -0.3 is 5.01 Å². The number of rotatable bonds is 0. The first-order valence-corrected chi connectivity index (χ1v) is 2.49. The van der Waals surface area contributed by atoms with Gasteiger partial charge in [0.05, 0.1) is 11.6 Å². The topological polar surface area (TPSA) is 15.3 Å². The van der Waals surface area contributed by atoms with Gasteiger partial charge in [-0.3, -0.25) is 0 Å². The highest BCUT2D eigenvalue weighted by Gasteiger charge is 2.02. The van der Waals surface area contributed by atoms with E-state index < -0.39 is 0 Å². The second-order valence-corrected chi connectivity index (χ2v) is 2.01. The Hall–Kier alpha value is -0.210. The third kappa shape index (κ3) is 1.08. The molecule has 0 spiro atoms. The molecule has 7 heavy (non-hydrogen) atoms. The van der Waals surface area contributed by atoms with Crippen molar-refractivity contribution >= 4 is 11.6 Å². The molecule has 0 saturated heterocycles. The van der Waals surface area contributed by atoms with Gasteiger partial charge in [-0.2, -0.15) is 0 Å². The van der Waals surface area contributed by atoms with Crippen LogP contribution < -0.4 is 5.43 Å². The Labute approximate surface area is 47.7 Å². The molecule has 1 aliphatic rings. The van der Waals surface area contributed by atoms with E-state index in [0.29, 0.717) is 0 Å². The summed E-state index contributed by atoms with van der Waals surface area (Å²) in [5.74, 6) is 0. The molecule has 0 radical (unpaired) electrons. The molecule has 0 aromatic heterocycles. The molecule has 0 aromatic carbocycles. The van der Waals surface area contributed by atoms with Crippen molar-refractivity contribution in [3.63, 3.8) is 0 Å². The van der Waals surface area contributed by atoms with Crippen molar-refractivity contribution in [1.29, 1.82) is 0 Å². The highest BCUT2D eigenvalue weighted by atomic mass is 35.5. The normalized spacial score (nSPS) is 20.3. The third-order valence-corrected chi connectivity index (χ3v) is 1.06. The predicted octanol–water partition coefficient (Wildman–Crippen LogP) is 0.517. The summed E-state index contributed by atoms with van der Waals surface area (Å²) in [4.78, 5) is 0. The third-order valence-electron chi connectivity index (χ3n) is 0.831. The molecule has 0 unspecified atom stereocenters. The number of hydrazine groups is 1. The minimum atomic E-state index is 0.776. The quantitative estimate of drug-likeness (QED) is 0.499. The summed E-state index contributed by atoms with van der Waals surface area (Å²) in [6.45, 7) is 0.776. The van der Waals surface area contributed by atoms with E-state index in [1.54, 1.807) is 0 Å². The number of hydrogen-bond acceptors (Lipinski definition) is 2. The zero-order valence-electron chi connectivity index (χ0n) is 4.11. The number of hydrogen-bond donors (Lipinski definition) is 1. The van der Waals surface area contributed by atoms with Gasteiger partial charge in [-0.25, -0.2) is 5.43 Å². The van der Waals surface area contributed by atoms with Gasteiger partial charge in [0.2, 0.25) is 0 Å². The maximum Gasteiger partial charge on any atom is 0.0523 e. The van der Waals surface area contributed by atoms with Crippen molar-refractivity contribution in [2.75, 3.05) is 13.6 Å². The van der Waals surface area contributed by atoms with Crippen LogP contribution in [0.3, 0.4) is 0 Å². The lowest BCUT2D eigenvalue weighted by atomic mass is 10.6. The first-order chi connectivity index (χ1) is 3.29. The average Bonchev–Trinajstić information content (AvgIpc) is 1.87. The Kier molecular flexibility index (Phi) is 1.21. The van der Waals surface area contributed by atoms with Gasteiger partial charge in [0, 0.05) is 13.2 Å². The average molecular weight is 119 g/mol. The van der Waals surface area contributed by atoms with Crippen LogP contribution in [0.4, 0.5) is 0 Å². The highest BCUT2D eigenvalue weighted by molar-refractivity contribution is 6.29. The van der Waals surface area contributed by atoms with Crippen molar-refractivity contribution in [3.05, 3.63) is 11.2 Å². The zero-order valence-corrected chi connectivity index (χ0v) is 4.87. The van der Waals surface area contributed by atoms with Crippen molar-refractivity contribution < 1.29 is 0 Å². The van der Waals surface area contributed by atoms with Crippen LogP contribution in [0, 0.1) is 0 Å². The first kappa shape index (κ1) is 4.94. The predicted molar refractivity (Wildman–Crippen MR) is 29.7 cm³/mol. The van der Waals surface area contributed by atoms with E-state index in [4.69, 9.17) is 11.6 Å². The van der Waals surface area contributed by atoms with E-state index >= 15 is 0 Å². The van der Waals surface area contributed by atoms with Gasteiger partial charge in [0.1, 0.15) is 0 Å². The summed E-state index contributed by atoms with van der Waals surface area (Å²) in [6.07, 6.45) is 1.85. The van der Waals surface area contributed by atoms with Crippen LogP contribution in [0.25, 0.3) is 0 Å². The van der Waals surface area contributed by atoms with Crippen LogP contribution >= 0.6 is 11.6 Å². The minimum absolute atomic E-state index is 0.776. The molecule has 3 heteroatoms.